The van der Waals surface area contributed by atoms with Crippen molar-refractivity contribution in [3.05, 3.63) is 0 Å². The Bertz CT molecular complexity index is 126. The van der Waals surface area contributed by atoms with E-state index >= 15 is 0 Å². The molecule has 0 rings (SSSR count). The fraction of sp³-hybridized carbons (Fsp3) is 0.500. The quantitative estimate of drug-likeness (QED) is 0.495. The van der Waals surface area contributed by atoms with Crippen LogP contribution in [0.1, 0.15) is 13.8 Å². The molecule has 0 aliphatic carbocycles. The average molecular weight is 146 g/mol. The molecule has 0 spiro atoms. The van der Waals surface area contributed by atoms with Gasteiger partial charge in [-0.2, -0.15) is 18.9 Å². The summed E-state index contributed by atoms with van der Waals surface area (Å²) in [5, 5.41) is 14.6. The van der Waals surface area contributed by atoms with Gasteiger partial charge in [0.2, 0.25) is 0 Å². The Morgan fingerprint density at radius 2 is 1.11 bits per heavy atom. The van der Waals surface area contributed by atoms with Crippen molar-refractivity contribution in [3.8, 4) is 12.1 Å². The Morgan fingerprint density at radius 1 is 1.11 bits per heavy atom. The van der Waals surface area contributed by atoms with Crippen LogP contribution in [-0.4, -0.2) is 8.42 Å². The lowest BCUT2D eigenvalue weighted by atomic mass is 11.0. The first kappa shape index (κ1) is 15.7. The van der Waals surface area contributed by atoms with Gasteiger partial charge in [0.05, 0.1) is 12.1 Å². The smallest absolute Gasteiger partial charge is 0.199 e. The molecule has 0 aromatic rings. The number of nitriles is 2. The minimum atomic E-state index is -0.750. The zero-order chi connectivity index (χ0) is 8.12. The molecule has 0 N–H and O–H groups in total. The van der Waals surface area contributed by atoms with Crippen molar-refractivity contribution in [2.75, 3.05) is 0 Å². The average Bonchev–Trinajstić information content (AvgIpc) is 1.70. The van der Waals surface area contributed by atoms with Gasteiger partial charge in [-0.15, -0.1) is 0 Å². The zero-order valence-electron chi connectivity index (χ0n) is 5.12. The number of rotatable bonds is 0. The van der Waals surface area contributed by atoms with E-state index < -0.39 is 11.6 Å². The van der Waals surface area contributed by atoms with Crippen LogP contribution in [0.2, 0.25) is 0 Å². The SMILES string of the molecule is CC#N.CC#N.O=S=O. The van der Waals surface area contributed by atoms with Gasteiger partial charge in [-0.25, -0.2) is 0 Å². The summed E-state index contributed by atoms with van der Waals surface area (Å²) in [5.74, 6) is 0. The van der Waals surface area contributed by atoms with Crippen LogP contribution in [0.5, 0.6) is 0 Å². The normalized spacial score (nSPS) is 3.11. The van der Waals surface area contributed by atoms with E-state index in [2.05, 4.69) is 0 Å². The fourth-order valence-electron chi connectivity index (χ4n) is 0. The Balaban J connectivity index is -0.0000000600. The van der Waals surface area contributed by atoms with Gasteiger partial charge in [-0.3, -0.25) is 0 Å². The van der Waals surface area contributed by atoms with Gasteiger partial charge in [0.15, 0.2) is 0 Å². The van der Waals surface area contributed by atoms with Gasteiger partial charge >= 0.3 is 11.6 Å². The van der Waals surface area contributed by atoms with Crippen LogP contribution in [0.25, 0.3) is 0 Å². The van der Waals surface area contributed by atoms with Crippen molar-refractivity contribution >= 4 is 11.6 Å². The van der Waals surface area contributed by atoms with Crippen molar-refractivity contribution in [1.29, 1.82) is 10.5 Å². The van der Waals surface area contributed by atoms with Crippen LogP contribution in [-0.2, 0) is 11.6 Å². The monoisotopic (exact) mass is 146 g/mol. The van der Waals surface area contributed by atoms with E-state index in [1.54, 1.807) is 12.1 Å². The molecule has 0 aromatic heterocycles. The second kappa shape index (κ2) is 70.6. The van der Waals surface area contributed by atoms with Gasteiger partial charge in [-0.1, -0.05) is 0 Å². The Hall–Kier alpha value is -1.20. The first-order valence-electron chi connectivity index (χ1n) is 1.78. The molecule has 0 heterocycles. The van der Waals surface area contributed by atoms with Crippen molar-refractivity contribution in [2.24, 2.45) is 0 Å². The zero-order valence-corrected chi connectivity index (χ0v) is 5.94. The van der Waals surface area contributed by atoms with Gasteiger partial charge in [0.25, 0.3) is 0 Å². The Kier molecular flexibility index (Phi) is 123. The molecule has 9 heavy (non-hydrogen) atoms. The largest absolute Gasteiger partial charge is 0.335 e. The van der Waals surface area contributed by atoms with Crippen LogP contribution in [0.3, 0.4) is 0 Å². The summed E-state index contributed by atoms with van der Waals surface area (Å²) in [6.07, 6.45) is 0. The van der Waals surface area contributed by atoms with E-state index in [1.165, 1.54) is 13.8 Å². The van der Waals surface area contributed by atoms with Crippen LogP contribution < -0.4 is 0 Å². The maximum absolute atomic E-state index is 8.29. The van der Waals surface area contributed by atoms with Crippen LogP contribution in [0.15, 0.2) is 0 Å². The third kappa shape index (κ3) is 109. The predicted octanol–water partition coefficient (Wildman–Crippen LogP) is 0.390. The summed E-state index contributed by atoms with van der Waals surface area (Å²) < 4.78 is 16.6. The van der Waals surface area contributed by atoms with Crippen LogP contribution in [0.4, 0.5) is 0 Å². The highest BCUT2D eigenvalue weighted by Crippen LogP contribution is 1.22. The second-order valence-corrected chi connectivity index (χ2v) is 0.651. The maximum atomic E-state index is 8.29. The Labute approximate surface area is 57.3 Å². The number of hydrogen-bond acceptors (Lipinski definition) is 4. The van der Waals surface area contributed by atoms with E-state index in [9.17, 15) is 0 Å². The molecule has 5 heteroatoms. The molecule has 0 saturated carbocycles. The number of nitrogens with zero attached hydrogens (tertiary/aromatic N) is 2. The molecular formula is C4H6N2O2S. The fourth-order valence-corrected chi connectivity index (χ4v) is 0. The van der Waals surface area contributed by atoms with Crippen LogP contribution >= 0.6 is 0 Å². The lowest BCUT2D eigenvalue weighted by molar-refractivity contribution is 0.630. The molecule has 0 fully saturated rings. The number of hydrogen-bond donors (Lipinski definition) is 0. The summed E-state index contributed by atoms with van der Waals surface area (Å²) in [6.45, 7) is 2.86. The summed E-state index contributed by atoms with van der Waals surface area (Å²) in [4.78, 5) is 0. The minimum absolute atomic E-state index is 0.750. The molecule has 0 unspecified atom stereocenters. The summed E-state index contributed by atoms with van der Waals surface area (Å²) in [6, 6.07) is 3.50. The van der Waals surface area contributed by atoms with Crippen molar-refractivity contribution in [3.63, 3.8) is 0 Å². The third-order valence-electron chi connectivity index (χ3n) is 0. The summed E-state index contributed by atoms with van der Waals surface area (Å²) in [7, 11) is 0. The molecule has 0 saturated heterocycles. The van der Waals surface area contributed by atoms with E-state index in [-0.39, 0.29) is 0 Å². The van der Waals surface area contributed by atoms with Crippen molar-refractivity contribution in [2.45, 2.75) is 13.8 Å². The van der Waals surface area contributed by atoms with E-state index in [0.29, 0.717) is 0 Å². The van der Waals surface area contributed by atoms with Crippen molar-refractivity contribution in [1.82, 2.24) is 0 Å². The first-order valence-corrected chi connectivity index (χ1v) is 2.45. The molecular weight excluding hydrogens is 140 g/mol. The van der Waals surface area contributed by atoms with Gasteiger partial charge in [-0.05, 0) is 0 Å². The molecule has 0 atom stereocenters. The summed E-state index contributed by atoms with van der Waals surface area (Å²) in [5.41, 5.74) is 0. The van der Waals surface area contributed by atoms with Gasteiger partial charge in [0.1, 0.15) is 0 Å². The van der Waals surface area contributed by atoms with E-state index in [4.69, 9.17) is 18.9 Å². The van der Waals surface area contributed by atoms with Crippen LogP contribution in [0, 0.1) is 22.7 Å². The molecule has 4 nitrogen and oxygen atoms in total. The van der Waals surface area contributed by atoms with E-state index in [0.717, 1.165) is 0 Å². The van der Waals surface area contributed by atoms with Gasteiger partial charge in [0, 0.05) is 13.8 Å². The minimum Gasteiger partial charge on any atom is -0.199 e. The molecule has 0 aromatic carbocycles. The maximum Gasteiger partial charge on any atom is 0.335 e. The predicted molar refractivity (Wildman–Crippen MR) is 31.5 cm³/mol. The highest BCUT2D eigenvalue weighted by Gasteiger charge is 1.18. The van der Waals surface area contributed by atoms with Crippen molar-refractivity contribution < 1.29 is 8.42 Å². The molecule has 0 aliphatic rings. The molecule has 0 radical (unpaired) electrons. The molecule has 50 valence electrons. The second-order valence-electron chi connectivity index (χ2n) is 0.515. The lowest BCUT2D eigenvalue weighted by Gasteiger charge is -1.15. The Morgan fingerprint density at radius 3 is 1.11 bits per heavy atom. The molecule has 0 aliphatic heterocycles. The lowest BCUT2D eigenvalue weighted by Crippen LogP contribution is -1.18. The highest BCUT2D eigenvalue weighted by molar-refractivity contribution is 7.51. The first-order chi connectivity index (χ1) is 4.24. The topological polar surface area (TPSA) is 81.7 Å². The van der Waals surface area contributed by atoms with E-state index in [1.807, 2.05) is 0 Å². The molecule has 0 bridgehead atoms. The third-order valence-corrected chi connectivity index (χ3v) is 0. The highest BCUT2D eigenvalue weighted by atomic mass is 32.1. The summed E-state index contributed by atoms with van der Waals surface area (Å²) >= 11 is -0.750. The molecule has 0 amide bonds. The standard InChI is InChI=1S/2C2H3N.O2S/c2*1-2-3;1-3-2/h2*1H3;. The van der Waals surface area contributed by atoms with Gasteiger partial charge < -0.3 is 0 Å².